The van der Waals surface area contributed by atoms with Crippen LogP contribution in [0.3, 0.4) is 0 Å². The summed E-state index contributed by atoms with van der Waals surface area (Å²) in [7, 11) is 0. The third-order valence-corrected chi connectivity index (χ3v) is 14.5. The van der Waals surface area contributed by atoms with E-state index in [1.807, 2.05) is 6.07 Å². The van der Waals surface area contributed by atoms with Crippen molar-refractivity contribution in [3.8, 4) is 22.8 Å². The maximum atomic E-state index is 7.20. The number of hydrogen-bond acceptors (Lipinski definition) is 4. The first-order valence-corrected chi connectivity index (χ1v) is 24.0. The molecule has 1 aliphatic heterocycles. The average Bonchev–Trinajstić information content (AvgIpc) is 3.96. The highest BCUT2D eigenvalue weighted by atomic mass is 16.5. The van der Waals surface area contributed by atoms with Gasteiger partial charge in [0.1, 0.15) is 17.3 Å². The van der Waals surface area contributed by atoms with E-state index in [2.05, 4.69) is 217 Å². The second kappa shape index (κ2) is 16.9. The highest BCUT2D eigenvalue weighted by molar-refractivity contribution is 5.98. The van der Waals surface area contributed by atoms with Gasteiger partial charge in [0.25, 0.3) is 0 Å². The van der Waals surface area contributed by atoms with Crippen LogP contribution in [0, 0.1) is 5.92 Å². The molecule has 4 atom stereocenters. The molecule has 0 saturated heterocycles. The number of fused-ring (bicyclic) bond motifs is 6. The van der Waals surface area contributed by atoms with Crippen LogP contribution in [0.15, 0.2) is 224 Å². The number of allylic oxidation sites excluding steroid dienone is 13. The van der Waals surface area contributed by atoms with Gasteiger partial charge >= 0.3 is 0 Å². The number of hydrogen-bond donors (Lipinski definition) is 0. The summed E-state index contributed by atoms with van der Waals surface area (Å²) in [4.78, 5) is 16.1. The Kier molecular flexibility index (Phi) is 10.00. The fraction of sp³-hybridized carbons (Fsp3) is 0.127. The number of aromatic nitrogens is 4. The van der Waals surface area contributed by atoms with E-state index in [1.54, 1.807) is 0 Å². The third-order valence-electron chi connectivity index (χ3n) is 14.5. The molecular weight excluding hydrogens is 829 g/mol. The average molecular weight is 877 g/mol. The third kappa shape index (κ3) is 7.14. The molecule has 4 aliphatic carbocycles. The lowest BCUT2D eigenvalue weighted by Gasteiger charge is -2.30. The van der Waals surface area contributed by atoms with Crippen LogP contribution in [0.2, 0.25) is 0 Å². The molecule has 326 valence electrons. The molecular formula is C63H48N4O. The van der Waals surface area contributed by atoms with Crippen molar-refractivity contribution in [2.75, 3.05) is 0 Å². The van der Waals surface area contributed by atoms with Crippen LogP contribution in [0.4, 0.5) is 0 Å². The van der Waals surface area contributed by atoms with Crippen molar-refractivity contribution in [1.82, 2.24) is 19.5 Å². The van der Waals surface area contributed by atoms with E-state index in [1.165, 1.54) is 50.0 Å². The Balaban J connectivity index is 0.961. The van der Waals surface area contributed by atoms with Gasteiger partial charge in [-0.3, -0.25) is 0 Å². The Labute approximate surface area is 397 Å². The zero-order valence-electron chi connectivity index (χ0n) is 37.6. The molecule has 0 bridgehead atoms. The van der Waals surface area contributed by atoms with Crippen LogP contribution in [0.1, 0.15) is 82.2 Å². The van der Waals surface area contributed by atoms with E-state index in [9.17, 15) is 0 Å². The molecule has 8 aromatic rings. The highest BCUT2D eigenvalue weighted by Gasteiger charge is 2.38. The van der Waals surface area contributed by atoms with Crippen molar-refractivity contribution in [3.05, 3.63) is 269 Å². The van der Waals surface area contributed by atoms with Gasteiger partial charge in [0, 0.05) is 57.2 Å². The summed E-state index contributed by atoms with van der Waals surface area (Å²) in [5.41, 5.74) is 15.6. The zero-order valence-corrected chi connectivity index (χ0v) is 37.6. The van der Waals surface area contributed by atoms with Gasteiger partial charge in [-0.05, 0) is 71.7 Å². The molecule has 3 heterocycles. The second-order valence-corrected chi connectivity index (χ2v) is 18.5. The standard InChI is InChI=1S/C63H48N4O/c1-6-19-41(20-7-1)46-35-47(42-21-8-2-9-22-42)37-48(36-46)45-33-34-50(56(38-45)63-65-61(43-23-10-3-11-24-43)64-62(66-63)44-25-12-4-13-26-44)52-30-18-31-53-55-39-54-51-29-16-17-32-57(51)67(49-27-14-5-15-28-49)58(54)40-59(55)68-60(52)53/h1-25,27-36,40,44-45,47,55H,26,37-39H2. The first-order valence-electron chi connectivity index (χ1n) is 24.0. The smallest absolute Gasteiger partial charge is 0.163 e. The molecule has 2 aromatic heterocycles. The van der Waals surface area contributed by atoms with Gasteiger partial charge in [-0.1, -0.05) is 200 Å². The summed E-state index contributed by atoms with van der Waals surface area (Å²) in [5, 5.41) is 1.29. The molecule has 4 unspecified atom stereocenters. The molecule has 0 saturated carbocycles. The van der Waals surface area contributed by atoms with Crippen molar-refractivity contribution in [3.63, 3.8) is 0 Å². The summed E-state index contributed by atoms with van der Waals surface area (Å²) in [6.45, 7) is 0. The van der Waals surface area contributed by atoms with Crippen molar-refractivity contribution >= 4 is 33.7 Å². The molecule has 68 heavy (non-hydrogen) atoms. The summed E-state index contributed by atoms with van der Waals surface area (Å²) >= 11 is 0. The minimum Gasteiger partial charge on any atom is -0.460 e. The van der Waals surface area contributed by atoms with E-state index in [0.29, 0.717) is 5.82 Å². The lowest BCUT2D eigenvalue weighted by Crippen LogP contribution is -2.16. The minimum atomic E-state index is 0.0452. The highest BCUT2D eigenvalue weighted by Crippen LogP contribution is 2.53. The molecule has 6 aromatic carbocycles. The van der Waals surface area contributed by atoms with E-state index in [4.69, 9.17) is 19.7 Å². The lowest BCUT2D eigenvalue weighted by atomic mass is 9.75. The Morgan fingerprint density at radius 2 is 1.31 bits per heavy atom. The van der Waals surface area contributed by atoms with Crippen molar-refractivity contribution in [1.29, 1.82) is 0 Å². The van der Waals surface area contributed by atoms with Crippen LogP contribution in [-0.2, 0) is 6.42 Å². The van der Waals surface area contributed by atoms with Gasteiger partial charge < -0.3 is 9.30 Å². The molecule has 13 rings (SSSR count). The number of benzene rings is 6. The molecule has 5 nitrogen and oxygen atoms in total. The van der Waals surface area contributed by atoms with Gasteiger partial charge in [0.05, 0.1) is 17.1 Å². The van der Waals surface area contributed by atoms with Crippen molar-refractivity contribution in [2.24, 2.45) is 5.92 Å². The quantitative estimate of drug-likeness (QED) is 0.153. The van der Waals surface area contributed by atoms with Gasteiger partial charge in [-0.15, -0.1) is 0 Å². The number of rotatable bonds is 8. The van der Waals surface area contributed by atoms with Gasteiger partial charge in [0.2, 0.25) is 0 Å². The van der Waals surface area contributed by atoms with E-state index < -0.39 is 0 Å². The predicted octanol–water partition coefficient (Wildman–Crippen LogP) is 14.8. The van der Waals surface area contributed by atoms with E-state index in [-0.39, 0.29) is 23.7 Å². The van der Waals surface area contributed by atoms with E-state index in [0.717, 1.165) is 76.8 Å². The maximum Gasteiger partial charge on any atom is 0.163 e. The first-order chi connectivity index (χ1) is 33.7. The minimum absolute atomic E-state index is 0.0452. The largest absolute Gasteiger partial charge is 0.460 e. The molecule has 0 fully saturated rings. The Morgan fingerprint density at radius 3 is 2.10 bits per heavy atom. The molecule has 0 radical (unpaired) electrons. The summed E-state index contributed by atoms with van der Waals surface area (Å²) < 4.78 is 9.59. The SMILES string of the molecule is C1=CCC(c2nc(C3=C(c4cccc5c4OC4=Cc6c(c7ccccc7n6-c6ccccc6)CC45)C=CC(C4=CC(c5ccccc5)=CC(c5ccccc5)C4)C3)nc(-c3ccccc3)n2)C=C1. The van der Waals surface area contributed by atoms with Crippen molar-refractivity contribution in [2.45, 2.75) is 43.4 Å². The Bertz CT molecular complexity index is 3480. The molecule has 5 aliphatic rings. The summed E-state index contributed by atoms with van der Waals surface area (Å²) in [6.07, 6.45) is 24.0. The maximum absolute atomic E-state index is 7.20. The molecule has 0 amide bonds. The van der Waals surface area contributed by atoms with Gasteiger partial charge in [-0.2, -0.15) is 0 Å². The topological polar surface area (TPSA) is 52.8 Å². The Hall–Kier alpha value is -8.15. The van der Waals surface area contributed by atoms with Crippen LogP contribution < -0.4 is 4.74 Å². The fourth-order valence-corrected chi connectivity index (χ4v) is 11.2. The summed E-state index contributed by atoms with van der Waals surface area (Å²) in [5.74, 6) is 4.62. The molecule has 5 heteroatoms. The summed E-state index contributed by atoms with van der Waals surface area (Å²) in [6, 6.07) is 58.4. The molecule has 0 N–H and O–H groups in total. The number of nitrogens with zero attached hydrogens (tertiary/aromatic N) is 4. The normalized spacial score (nSPS) is 20.3. The fourth-order valence-electron chi connectivity index (χ4n) is 11.2. The van der Waals surface area contributed by atoms with Gasteiger partial charge in [-0.25, -0.2) is 15.0 Å². The number of para-hydroxylation sites is 3. The van der Waals surface area contributed by atoms with Crippen LogP contribution >= 0.6 is 0 Å². The van der Waals surface area contributed by atoms with Crippen LogP contribution in [-0.4, -0.2) is 19.5 Å². The Morgan fingerprint density at radius 1 is 0.574 bits per heavy atom. The van der Waals surface area contributed by atoms with Gasteiger partial charge in [0.15, 0.2) is 11.6 Å². The van der Waals surface area contributed by atoms with E-state index >= 15 is 0 Å². The predicted molar refractivity (Wildman–Crippen MR) is 276 cm³/mol. The van der Waals surface area contributed by atoms with Crippen LogP contribution in [0.5, 0.6) is 5.75 Å². The number of ether oxygens (including phenoxy) is 1. The lowest BCUT2D eigenvalue weighted by molar-refractivity contribution is 0.428. The second-order valence-electron chi connectivity index (χ2n) is 18.5. The monoisotopic (exact) mass is 876 g/mol. The zero-order chi connectivity index (χ0) is 45.0. The first kappa shape index (κ1) is 40.2. The molecule has 0 spiro atoms. The van der Waals surface area contributed by atoms with Crippen molar-refractivity contribution < 1.29 is 4.74 Å². The van der Waals surface area contributed by atoms with Crippen LogP contribution in [0.25, 0.3) is 50.8 Å².